The quantitative estimate of drug-likeness (QED) is 0.159. The highest BCUT2D eigenvalue weighted by Gasteiger charge is 2.23. The van der Waals surface area contributed by atoms with Crippen LogP contribution in [0.5, 0.6) is 11.5 Å². The molecule has 5 nitrogen and oxygen atoms in total. The van der Waals surface area contributed by atoms with Gasteiger partial charge in [-0.15, -0.1) is 0 Å². The van der Waals surface area contributed by atoms with E-state index in [1.54, 1.807) is 12.1 Å². The largest absolute Gasteiger partial charge is 0.430 e. The van der Waals surface area contributed by atoms with Gasteiger partial charge in [0.25, 0.3) is 0 Å². The van der Waals surface area contributed by atoms with Crippen LogP contribution in [0, 0.1) is 0 Å². The third-order valence-corrected chi connectivity index (χ3v) is 5.90. The average molecular weight is 391 g/mol. The first kappa shape index (κ1) is 17.4. The number of benzene rings is 4. The highest BCUT2D eigenvalue weighted by molar-refractivity contribution is 8.09. The average Bonchev–Trinajstić information content (AvgIpc) is 2.69. The Morgan fingerprint density at radius 2 is 1.15 bits per heavy atom. The van der Waals surface area contributed by atoms with Crippen LogP contribution >= 0.6 is 6.64 Å². The van der Waals surface area contributed by atoms with E-state index in [0.717, 1.165) is 21.5 Å². The van der Waals surface area contributed by atoms with Gasteiger partial charge < -0.3 is 9.05 Å². The lowest BCUT2D eigenvalue weighted by atomic mass is 10.1. The van der Waals surface area contributed by atoms with E-state index < -0.39 is 6.64 Å². The molecular formula is C20H14N3O2PS. The lowest BCUT2D eigenvalue weighted by molar-refractivity contribution is 0.493. The van der Waals surface area contributed by atoms with Gasteiger partial charge in [-0.05, 0) is 40.2 Å². The van der Waals surface area contributed by atoms with Crippen molar-refractivity contribution in [3.63, 3.8) is 0 Å². The minimum absolute atomic E-state index is 0.532. The Bertz CT molecular complexity index is 1140. The molecule has 0 spiro atoms. The molecule has 0 aliphatic rings. The molecule has 0 amide bonds. The Balaban J connectivity index is 1.77. The number of azide groups is 1. The zero-order valence-corrected chi connectivity index (χ0v) is 15.8. The Kier molecular flexibility index (Phi) is 4.69. The van der Waals surface area contributed by atoms with Gasteiger partial charge >= 0.3 is 6.64 Å². The monoisotopic (exact) mass is 391 g/mol. The fourth-order valence-corrected chi connectivity index (χ4v) is 4.51. The smallest absolute Gasteiger partial charge is 0.379 e. The van der Waals surface area contributed by atoms with Gasteiger partial charge in [-0.1, -0.05) is 72.8 Å². The summed E-state index contributed by atoms with van der Waals surface area (Å²) in [5, 5.41) is 3.76. The third kappa shape index (κ3) is 3.60. The Hall–Kier alpha value is -3.04. The van der Waals surface area contributed by atoms with E-state index in [-0.39, 0.29) is 0 Å². The van der Waals surface area contributed by atoms with E-state index in [4.69, 9.17) is 26.4 Å². The van der Waals surface area contributed by atoms with Gasteiger partial charge in [-0.2, -0.15) is 0 Å². The van der Waals surface area contributed by atoms with E-state index in [2.05, 4.69) is 9.80 Å². The molecule has 0 radical (unpaired) electrons. The first-order valence-electron chi connectivity index (χ1n) is 8.20. The molecule has 27 heavy (non-hydrogen) atoms. The van der Waals surface area contributed by atoms with Crippen LogP contribution < -0.4 is 9.05 Å². The van der Waals surface area contributed by atoms with Crippen LogP contribution in [0.1, 0.15) is 0 Å². The fraction of sp³-hybridized carbons (Fsp3) is 0. The molecule has 132 valence electrons. The molecule has 0 bridgehead atoms. The van der Waals surface area contributed by atoms with Crippen molar-refractivity contribution in [3.8, 4) is 11.5 Å². The minimum Gasteiger partial charge on any atom is -0.430 e. The van der Waals surface area contributed by atoms with Crippen LogP contribution in [0.25, 0.3) is 32.0 Å². The Labute approximate surface area is 161 Å². The molecule has 0 fully saturated rings. The first-order chi connectivity index (χ1) is 13.2. The molecule has 0 N–H and O–H groups in total. The molecule has 0 heterocycles. The Morgan fingerprint density at radius 1 is 0.704 bits per heavy atom. The summed E-state index contributed by atoms with van der Waals surface area (Å²) in [4.78, 5) is 6.60. The van der Waals surface area contributed by atoms with Crippen molar-refractivity contribution in [2.75, 3.05) is 0 Å². The van der Waals surface area contributed by atoms with Crippen molar-refractivity contribution in [1.29, 1.82) is 0 Å². The molecule has 0 saturated heterocycles. The SMILES string of the molecule is [N-]=[N+]=NP(=S)(Oc1cccc2ccccc12)Oc1cccc2ccccc12. The van der Waals surface area contributed by atoms with Crippen LogP contribution in [-0.4, -0.2) is 0 Å². The van der Waals surface area contributed by atoms with Crippen molar-refractivity contribution in [3.05, 3.63) is 95.4 Å². The summed E-state index contributed by atoms with van der Waals surface area (Å²) in [5.41, 5.74) is 9.04. The van der Waals surface area contributed by atoms with E-state index in [1.807, 2.05) is 72.8 Å². The normalized spacial score (nSPS) is 11.1. The second-order valence-corrected chi connectivity index (χ2v) is 8.65. The zero-order valence-electron chi connectivity index (χ0n) is 14.1. The van der Waals surface area contributed by atoms with E-state index >= 15 is 0 Å². The molecule has 0 aliphatic heterocycles. The molecule has 0 aromatic heterocycles. The highest BCUT2D eigenvalue weighted by Crippen LogP contribution is 2.52. The molecule has 0 atom stereocenters. The van der Waals surface area contributed by atoms with Gasteiger partial charge in [-0.25, -0.2) is 0 Å². The topological polar surface area (TPSA) is 67.2 Å². The van der Waals surface area contributed by atoms with Crippen molar-refractivity contribution in [1.82, 2.24) is 0 Å². The van der Waals surface area contributed by atoms with Gasteiger partial charge in [0.2, 0.25) is 0 Å². The first-order valence-corrected chi connectivity index (χ1v) is 10.8. The molecule has 7 heteroatoms. The second kappa shape index (κ2) is 7.29. The fourth-order valence-electron chi connectivity index (χ4n) is 2.90. The molecule has 4 aromatic carbocycles. The number of rotatable bonds is 5. The van der Waals surface area contributed by atoms with Gasteiger partial charge in [0, 0.05) is 20.6 Å². The van der Waals surface area contributed by atoms with Crippen molar-refractivity contribution in [2.45, 2.75) is 0 Å². The number of hydrogen-bond acceptors (Lipinski definition) is 3. The second-order valence-electron chi connectivity index (χ2n) is 5.78. The van der Waals surface area contributed by atoms with Crippen LogP contribution in [0.3, 0.4) is 0 Å². The maximum Gasteiger partial charge on any atom is 0.379 e. The van der Waals surface area contributed by atoms with Crippen molar-refractivity contribution < 1.29 is 9.05 Å². The predicted octanol–water partition coefficient (Wildman–Crippen LogP) is 6.99. The van der Waals surface area contributed by atoms with Gasteiger partial charge in [0.05, 0.1) is 0 Å². The summed E-state index contributed by atoms with van der Waals surface area (Å²) in [6, 6.07) is 26.8. The Morgan fingerprint density at radius 3 is 1.63 bits per heavy atom. The maximum atomic E-state index is 9.04. The van der Waals surface area contributed by atoms with Crippen LogP contribution in [0.2, 0.25) is 0 Å². The molecule has 0 saturated carbocycles. The summed E-state index contributed by atoms with van der Waals surface area (Å²) in [6.07, 6.45) is 0. The summed E-state index contributed by atoms with van der Waals surface area (Å²) >= 11 is 5.54. The molecule has 0 aliphatic carbocycles. The van der Waals surface area contributed by atoms with E-state index in [1.165, 1.54) is 0 Å². The summed E-state index contributed by atoms with van der Waals surface area (Å²) in [6.45, 7) is -3.33. The van der Waals surface area contributed by atoms with Crippen LogP contribution in [0.4, 0.5) is 0 Å². The number of fused-ring (bicyclic) bond motifs is 2. The third-order valence-electron chi connectivity index (χ3n) is 4.08. The standard InChI is InChI=1S/C20H14N3O2PS/c21-22-23-26(27,24-19-13-5-9-15-7-1-3-11-17(15)19)25-20-14-6-10-16-8-2-4-12-18(16)20/h1-14H. The predicted molar refractivity (Wildman–Crippen MR) is 113 cm³/mol. The van der Waals surface area contributed by atoms with E-state index in [0.29, 0.717) is 11.5 Å². The zero-order chi connectivity index (χ0) is 18.7. The number of hydrogen-bond donors (Lipinski definition) is 0. The van der Waals surface area contributed by atoms with Crippen LogP contribution in [0.15, 0.2) is 89.8 Å². The molecule has 4 aromatic rings. The molecule has 4 rings (SSSR count). The van der Waals surface area contributed by atoms with Gasteiger partial charge in [0.1, 0.15) is 11.5 Å². The molecule has 0 unspecified atom stereocenters. The number of nitrogens with zero attached hydrogens (tertiary/aromatic N) is 3. The highest BCUT2D eigenvalue weighted by atomic mass is 32.5. The van der Waals surface area contributed by atoms with Crippen LogP contribution in [-0.2, 0) is 11.8 Å². The van der Waals surface area contributed by atoms with Gasteiger partial charge in [-0.3, -0.25) is 0 Å². The summed E-state index contributed by atoms with van der Waals surface area (Å²) in [7, 11) is 0. The summed E-state index contributed by atoms with van der Waals surface area (Å²) < 4.78 is 12.0. The minimum atomic E-state index is -3.33. The van der Waals surface area contributed by atoms with Crippen molar-refractivity contribution >= 4 is 40.0 Å². The molecular weight excluding hydrogens is 377 g/mol. The van der Waals surface area contributed by atoms with Crippen molar-refractivity contribution in [2.24, 2.45) is 4.88 Å². The van der Waals surface area contributed by atoms with E-state index in [9.17, 15) is 0 Å². The van der Waals surface area contributed by atoms with Gasteiger partial charge in [0.15, 0.2) is 0 Å². The summed E-state index contributed by atoms with van der Waals surface area (Å²) in [5.74, 6) is 1.06. The lowest BCUT2D eigenvalue weighted by Crippen LogP contribution is -1.99. The lowest BCUT2D eigenvalue weighted by Gasteiger charge is -2.20. The maximum absolute atomic E-state index is 9.04.